The van der Waals surface area contributed by atoms with Crippen molar-refractivity contribution in [2.45, 2.75) is 0 Å². The van der Waals surface area contributed by atoms with Gasteiger partial charge in [0.25, 0.3) is 0 Å². The second-order valence-electron chi connectivity index (χ2n) is 5.96. The first-order chi connectivity index (χ1) is 14.5. The van der Waals surface area contributed by atoms with Gasteiger partial charge < -0.3 is 28.4 Å². The van der Waals surface area contributed by atoms with Gasteiger partial charge in [0.2, 0.25) is 0 Å². The van der Waals surface area contributed by atoms with E-state index in [-0.39, 0.29) is 6.61 Å². The molecule has 0 aromatic heterocycles. The summed E-state index contributed by atoms with van der Waals surface area (Å²) in [5.74, 6) is 2.55. The lowest BCUT2D eigenvalue weighted by atomic mass is 10.1. The molecular weight excluding hydrogens is 388 g/mol. The first-order valence-corrected chi connectivity index (χ1v) is 9.09. The van der Waals surface area contributed by atoms with Crippen LogP contribution >= 0.6 is 0 Å². The largest absolute Gasteiger partial charge is 0.497 e. The lowest BCUT2D eigenvalue weighted by molar-refractivity contribution is -0.136. The minimum absolute atomic E-state index is 0.0993. The molecule has 0 amide bonds. The summed E-state index contributed by atoms with van der Waals surface area (Å²) in [5.41, 5.74) is 1.53. The van der Waals surface area contributed by atoms with E-state index in [4.69, 9.17) is 28.4 Å². The molecule has 2 aromatic carbocycles. The molecule has 0 N–H and O–H groups in total. The van der Waals surface area contributed by atoms with Gasteiger partial charge in [-0.1, -0.05) is 6.08 Å². The van der Waals surface area contributed by atoms with Crippen LogP contribution < -0.4 is 23.7 Å². The van der Waals surface area contributed by atoms with E-state index in [1.165, 1.54) is 6.08 Å². The summed E-state index contributed by atoms with van der Waals surface area (Å²) >= 11 is 0. The number of benzene rings is 2. The molecule has 0 saturated heterocycles. The highest BCUT2D eigenvalue weighted by molar-refractivity contribution is 5.87. The van der Waals surface area contributed by atoms with Crippen molar-refractivity contribution in [2.24, 2.45) is 0 Å². The lowest BCUT2D eigenvalue weighted by Crippen LogP contribution is -2.00. The SMILES string of the molecule is COc1cc(/C=C/C(=O)OC/C=C/c2cc(OC)c(OC)cc2OC)cc(OC)c1. The van der Waals surface area contributed by atoms with Gasteiger partial charge in [-0.2, -0.15) is 0 Å². The Kier molecular flexibility index (Phi) is 8.62. The minimum Gasteiger partial charge on any atom is -0.497 e. The van der Waals surface area contributed by atoms with Crippen molar-refractivity contribution in [3.8, 4) is 28.7 Å². The molecule has 160 valence electrons. The zero-order valence-electron chi connectivity index (χ0n) is 17.8. The van der Waals surface area contributed by atoms with Gasteiger partial charge in [0.15, 0.2) is 11.5 Å². The number of carbonyl (C=O) groups is 1. The van der Waals surface area contributed by atoms with E-state index in [0.717, 1.165) is 11.1 Å². The maximum atomic E-state index is 12.0. The number of esters is 1. The average molecular weight is 414 g/mol. The van der Waals surface area contributed by atoms with Crippen molar-refractivity contribution in [3.05, 3.63) is 53.6 Å². The van der Waals surface area contributed by atoms with Crippen LogP contribution in [0.4, 0.5) is 0 Å². The smallest absolute Gasteiger partial charge is 0.331 e. The molecule has 0 heterocycles. The van der Waals surface area contributed by atoms with Crippen LogP contribution in [0.25, 0.3) is 12.2 Å². The molecule has 0 spiro atoms. The molecule has 0 saturated carbocycles. The Morgan fingerprint density at radius 2 is 1.33 bits per heavy atom. The van der Waals surface area contributed by atoms with E-state index >= 15 is 0 Å². The van der Waals surface area contributed by atoms with Gasteiger partial charge in [-0.05, 0) is 35.9 Å². The fraction of sp³-hybridized carbons (Fsp3) is 0.261. The molecule has 0 fully saturated rings. The summed E-state index contributed by atoms with van der Waals surface area (Å²) in [7, 11) is 7.81. The standard InChI is InChI=1S/C23H26O7/c1-25-18-11-16(12-19(14-18)26-2)8-9-23(24)30-10-6-7-17-13-21(28-4)22(29-5)15-20(17)27-3/h6-9,11-15H,10H2,1-5H3/b7-6+,9-8+. The number of methoxy groups -OCH3 is 5. The second kappa shape index (κ2) is 11.4. The van der Waals surface area contributed by atoms with Crippen LogP contribution in [0.15, 0.2) is 42.5 Å². The average Bonchev–Trinajstić information content (AvgIpc) is 2.79. The van der Waals surface area contributed by atoms with Gasteiger partial charge in [0.1, 0.15) is 23.9 Å². The van der Waals surface area contributed by atoms with Gasteiger partial charge in [0.05, 0.1) is 35.5 Å². The summed E-state index contributed by atoms with van der Waals surface area (Å²) in [6, 6.07) is 8.84. The van der Waals surface area contributed by atoms with Crippen molar-refractivity contribution < 1.29 is 33.2 Å². The number of rotatable bonds is 10. The molecule has 0 aliphatic carbocycles. The van der Waals surface area contributed by atoms with Crippen LogP contribution in [0.5, 0.6) is 28.7 Å². The fourth-order valence-electron chi connectivity index (χ4n) is 2.63. The predicted molar refractivity (Wildman–Crippen MR) is 115 cm³/mol. The third-order valence-corrected chi connectivity index (χ3v) is 4.14. The normalized spacial score (nSPS) is 10.8. The van der Waals surface area contributed by atoms with Crippen LogP contribution in [0.3, 0.4) is 0 Å². The fourth-order valence-corrected chi connectivity index (χ4v) is 2.63. The van der Waals surface area contributed by atoms with Crippen LogP contribution in [0.1, 0.15) is 11.1 Å². The molecule has 0 atom stereocenters. The highest BCUT2D eigenvalue weighted by Crippen LogP contribution is 2.35. The van der Waals surface area contributed by atoms with Gasteiger partial charge in [0, 0.05) is 23.8 Å². The Balaban J connectivity index is 1.99. The first kappa shape index (κ1) is 22.7. The Morgan fingerprint density at radius 3 is 1.90 bits per heavy atom. The van der Waals surface area contributed by atoms with Crippen LogP contribution in [-0.4, -0.2) is 48.1 Å². The van der Waals surface area contributed by atoms with Crippen molar-refractivity contribution in [1.29, 1.82) is 0 Å². The number of ether oxygens (including phenoxy) is 6. The molecule has 7 heteroatoms. The lowest BCUT2D eigenvalue weighted by Gasteiger charge is -2.12. The first-order valence-electron chi connectivity index (χ1n) is 9.09. The Labute approximate surface area is 176 Å². The van der Waals surface area contributed by atoms with E-state index in [9.17, 15) is 4.79 Å². The van der Waals surface area contributed by atoms with Gasteiger partial charge in [-0.25, -0.2) is 4.79 Å². The van der Waals surface area contributed by atoms with E-state index in [1.807, 2.05) is 0 Å². The number of carbonyl (C=O) groups excluding carboxylic acids is 1. The third kappa shape index (κ3) is 6.20. The molecule has 7 nitrogen and oxygen atoms in total. The summed E-state index contributed by atoms with van der Waals surface area (Å²) in [4.78, 5) is 12.0. The molecule has 0 aliphatic rings. The molecule has 0 aliphatic heterocycles. The van der Waals surface area contributed by atoms with Crippen molar-refractivity contribution in [2.75, 3.05) is 42.2 Å². The summed E-state index contributed by atoms with van der Waals surface area (Å²) in [5, 5.41) is 0. The third-order valence-electron chi connectivity index (χ3n) is 4.14. The quantitative estimate of drug-likeness (QED) is 0.430. The van der Waals surface area contributed by atoms with Crippen molar-refractivity contribution in [1.82, 2.24) is 0 Å². The maximum absolute atomic E-state index is 12.0. The zero-order valence-corrected chi connectivity index (χ0v) is 17.8. The van der Waals surface area contributed by atoms with Gasteiger partial charge in [-0.3, -0.25) is 0 Å². The Morgan fingerprint density at radius 1 is 0.733 bits per heavy atom. The van der Waals surface area contributed by atoms with E-state index in [2.05, 4.69) is 0 Å². The zero-order chi connectivity index (χ0) is 21.9. The van der Waals surface area contributed by atoms with E-state index < -0.39 is 5.97 Å². The van der Waals surface area contributed by atoms with Crippen molar-refractivity contribution in [3.63, 3.8) is 0 Å². The second-order valence-corrected chi connectivity index (χ2v) is 5.96. The minimum atomic E-state index is -0.472. The van der Waals surface area contributed by atoms with Crippen LogP contribution in [0, 0.1) is 0 Å². The highest BCUT2D eigenvalue weighted by atomic mass is 16.5. The molecule has 2 rings (SSSR count). The summed E-state index contributed by atoms with van der Waals surface area (Å²) in [6.45, 7) is 0.0993. The molecule has 30 heavy (non-hydrogen) atoms. The summed E-state index contributed by atoms with van der Waals surface area (Å²) < 4.78 is 31.5. The molecule has 0 radical (unpaired) electrons. The van der Waals surface area contributed by atoms with Crippen molar-refractivity contribution >= 4 is 18.1 Å². The van der Waals surface area contributed by atoms with Gasteiger partial charge >= 0.3 is 5.97 Å². The van der Waals surface area contributed by atoms with Crippen LogP contribution in [-0.2, 0) is 9.53 Å². The van der Waals surface area contributed by atoms with E-state index in [1.54, 1.807) is 84.1 Å². The highest BCUT2D eigenvalue weighted by Gasteiger charge is 2.09. The monoisotopic (exact) mass is 414 g/mol. The Hall–Kier alpha value is -3.61. The molecule has 0 unspecified atom stereocenters. The molecular formula is C23H26O7. The van der Waals surface area contributed by atoms with Gasteiger partial charge in [-0.15, -0.1) is 0 Å². The van der Waals surface area contributed by atoms with Crippen LogP contribution in [0.2, 0.25) is 0 Å². The maximum Gasteiger partial charge on any atom is 0.331 e. The molecule has 2 aromatic rings. The predicted octanol–water partition coefficient (Wildman–Crippen LogP) is 4.00. The summed E-state index contributed by atoms with van der Waals surface area (Å²) in [6.07, 6.45) is 6.47. The number of hydrogen-bond donors (Lipinski definition) is 0. The topological polar surface area (TPSA) is 72.5 Å². The van der Waals surface area contributed by atoms with E-state index in [0.29, 0.717) is 28.7 Å². The molecule has 0 bridgehead atoms. The number of hydrogen-bond acceptors (Lipinski definition) is 7. The Bertz CT molecular complexity index is 894.